The standard InChI is InChI=1S/C14H18N2O/c1-5-17-12-8-6-7-11-13(15-4)9(2)10(3)16-14(11)12/h6-8H,5H2,1-4H3,(H,15,16). The molecule has 0 bridgehead atoms. The molecule has 90 valence electrons. The van der Waals surface area contributed by atoms with E-state index in [0.717, 1.165) is 28.0 Å². The van der Waals surface area contributed by atoms with Gasteiger partial charge in [-0.2, -0.15) is 0 Å². The summed E-state index contributed by atoms with van der Waals surface area (Å²) in [6.07, 6.45) is 0. The zero-order valence-corrected chi connectivity index (χ0v) is 10.8. The summed E-state index contributed by atoms with van der Waals surface area (Å²) in [5.74, 6) is 0.851. The molecular weight excluding hydrogens is 212 g/mol. The second-order valence-electron chi connectivity index (χ2n) is 4.03. The van der Waals surface area contributed by atoms with Crippen molar-refractivity contribution < 1.29 is 4.74 Å². The van der Waals surface area contributed by atoms with Crippen LogP contribution in [0.3, 0.4) is 0 Å². The van der Waals surface area contributed by atoms with Gasteiger partial charge in [0.2, 0.25) is 0 Å². The molecule has 1 aromatic carbocycles. The van der Waals surface area contributed by atoms with Gasteiger partial charge in [0.25, 0.3) is 0 Å². The van der Waals surface area contributed by atoms with Crippen molar-refractivity contribution in [1.82, 2.24) is 4.98 Å². The van der Waals surface area contributed by atoms with Crippen molar-refractivity contribution in [2.75, 3.05) is 19.0 Å². The van der Waals surface area contributed by atoms with Crippen LogP contribution in [0.4, 0.5) is 5.69 Å². The van der Waals surface area contributed by atoms with Gasteiger partial charge in [-0.05, 0) is 32.4 Å². The number of hydrogen-bond acceptors (Lipinski definition) is 3. The van der Waals surface area contributed by atoms with Crippen LogP contribution < -0.4 is 10.1 Å². The fourth-order valence-electron chi connectivity index (χ4n) is 2.07. The molecule has 2 rings (SSSR count). The van der Waals surface area contributed by atoms with E-state index in [-0.39, 0.29) is 0 Å². The van der Waals surface area contributed by atoms with Crippen LogP contribution in [-0.4, -0.2) is 18.6 Å². The number of nitrogens with one attached hydrogen (secondary N) is 1. The molecule has 2 aromatic rings. The van der Waals surface area contributed by atoms with E-state index in [4.69, 9.17) is 4.74 Å². The highest BCUT2D eigenvalue weighted by molar-refractivity contribution is 5.96. The van der Waals surface area contributed by atoms with E-state index >= 15 is 0 Å². The molecule has 0 atom stereocenters. The van der Waals surface area contributed by atoms with Crippen LogP contribution in [0, 0.1) is 13.8 Å². The van der Waals surface area contributed by atoms with Crippen molar-refractivity contribution in [2.45, 2.75) is 20.8 Å². The second kappa shape index (κ2) is 4.62. The molecule has 0 unspecified atom stereocenters. The van der Waals surface area contributed by atoms with Gasteiger partial charge in [-0.25, -0.2) is 4.98 Å². The lowest BCUT2D eigenvalue weighted by molar-refractivity contribution is 0.343. The van der Waals surface area contributed by atoms with Crippen LogP contribution in [-0.2, 0) is 0 Å². The number of ether oxygens (including phenoxy) is 1. The fraction of sp³-hybridized carbons (Fsp3) is 0.357. The first-order valence-corrected chi connectivity index (χ1v) is 5.89. The predicted molar refractivity (Wildman–Crippen MR) is 71.9 cm³/mol. The molecule has 0 fully saturated rings. The van der Waals surface area contributed by atoms with E-state index in [1.54, 1.807) is 0 Å². The Morgan fingerprint density at radius 3 is 2.71 bits per heavy atom. The lowest BCUT2D eigenvalue weighted by Gasteiger charge is -2.14. The summed E-state index contributed by atoms with van der Waals surface area (Å²) in [5.41, 5.74) is 4.29. The van der Waals surface area contributed by atoms with Gasteiger partial charge in [0.15, 0.2) is 0 Å². The molecule has 1 aromatic heterocycles. The lowest BCUT2D eigenvalue weighted by atomic mass is 10.1. The summed E-state index contributed by atoms with van der Waals surface area (Å²) in [4.78, 5) is 4.64. The number of pyridine rings is 1. The maximum atomic E-state index is 5.62. The maximum Gasteiger partial charge on any atom is 0.145 e. The molecule has 0 aliphatic carbocycles. The zero-order valence-electron chi connectivity index (χ0n) is 10.8. The summed E-state index contributed by atoms with van der Waals surface area (Å²) in [7, 11) is 1.94. The Morgan fingerprint density at radius 1 is 1.29 bits per heavy atom. The van der Waals surface area contributed by atoms with E-state index in [9.17, 15) is 0 Å². The molecule has 0 radical (unpaired) electrons. The van der Waals surface area contributed by atoms with Crippen LogP contribution in [0.1, 0.15) is 18.2 Å². The topological polar surface area (TPSA) is 34.1 Å². The smallest absolute Gasteiger partial charge is 0.145 e. The predicted octanol–water partition coefficient (Wildman–Crippen LogP) is 3.29. The maximum absolute atomic E-state index is 5.62. The summed E-state index contributed by atoms with van der Waals surface area (Å²) >= 11 is 0. The van der Waals surface area contributed by atoms with Gasteiger partial charge in [0.05, 0.1) is 6.61 Å². The van der Waals surface area contributed by atoms with Gasteiger partial charge < -0.3 is 10.1 Å². The third-order valence-electron chi connectivity index (χ3n) is 3.02. The molecule has 0 aliphatic heterocycles. The van der Waals surface area contributed by atoms with E-state index < -0.39 is 0 Å². The Bertz CT molecular complexity index is 549. The lowest BCUT2D eigenvalue weighted by Crippen LogP contribution is -2.00. The molecular formula is C14H18N2O. The third kappa shape index (κ3) is 1.93. The first-order chi connectivity index (χ1) is 8.19. The van der Waals surface area contributed by atoms with Crippen molar-refractivity contribution in [3.8, 4) is 5.75 Å². The van der Waals surface area contributed by atoms with E-state index in [1.165, 1.54) is 5.56 Å². The first-order valence-electron chi connectivity index (χ1n) is 5.89. The number of nitrogens with zero attached hydrogens (tertiary/aromatic N) is 1. The number of aryl methyl sites for hydroxylation is 1. The monoisotopic (exact) mass is 230 g/mol. The SMILES string of the molecule is CCOc1cccc2c(NC)c(C)c(C)nc12. The van der Waals surface area contributed by atoms with Gasteiger partial charge in [-0.15, -0.1) is 0 Å². The molecule has 17 heavy (non-hydrogen) atoms. The molecule has 0 amide bonds. The molecule has 0 saturated carbocycles. The number of fused-ring (bicyclic) bond motifs is 1. The first kappa shape index (κ1) is 11.7. The van der Waals surface area contributed by atoms with E-state index in [2.05, 4.69) is 23.3 Å². The highest BCUT2D eigenvalue weighted by atomic mass is 16.5. The van der Waals surface area contributed by atoms with Crippen LogP contribution in [0.15, 0.2) is 18.2 Å². The minimum absolute atomic E-state index is 0.655. The Balaban J connectivity index is 2.79. The number of para-hydroxylation sites is 1. The minimum atomic E-state index is 0.655. The van der Waals surface area contributed by atoms with E-state index in [1.807, 2.05) is 33.0 Å². The van der Waals surface area contributed by atoms with Gasteiger partial charge in [0, 0.05) is 23.8 Å². The van der Waals surface area contributed by atoms with Crippen LogP contribution in [0.2, 0.25) is 0 Å². The number of rotatable bonds is 3. The molecule has 0 saturated heterocycles. The largest absolute Gasteiger partial charge is 0.492 e. The summed E-state index contributed by atoms with van der Waals surface area (Å²) in [6.45, 7) is 6.75. The molecule has 1 N–H and O–H groups in total. The summed E-state index contributed by atoms with van der Waals surface area (Å²) < 4.78 is 5.62. The van der Waals surface area contributed by atoms with Gasteiger partial charge in [-0.3, -0.25) is 0 Å². The van der Waals surface area contributed by atoms with Crippen molar-refractivity contribution in [2.24, 2.45) is 0 Å². The normalized spacial score (nSPS) is 10.6. The van der Waals surface area contributed by atoms with Crippen molar-refractivity contribution in [1.29, 1.82) is 0 Å². The highest BCUT2D eigenvalue weighted by Crippen LogP contribution is 2.32. The summed E-state index contributed by atoms with van der Waals surface area (Å²) in [6, 6.07) is 6.04. The van der Waals surface area contributed by atoms with E-state index in [0.29, 0.717) is 6.61 Å². The quantitative estimate of drug-likeness (QED) is 0.878. The van der Waals surface area contributed by atoms with Gasteiger partial charge in [0.1, 0.15) is 11.3 Å². The number of aromatic nitrogens is 1. The van der Waals surface area contributed by atoms with Crippen LogP contribution in [0.5, 0.6) is 5.75 Å². The van der Waals surface area contributed by atoms with Crippen molar-refractivity contribution in [3.05, 3.63) is 29.5 Å². The van der Waals surface area contributed by atoms with Crippen molar-refractivity contribution >= 4 is 16.6 Å². The molecule has 1 heterocycles. The number of hydrogen-bond donors (Lipinski definition) is 1. The Morgan fingerprint density at radius 2 is 2.06 bits per heavy atom. The zero-order chi connectivity index (χ0) is 12.4. The minimum Gasteiger partial charge on any atom is -0.492 e. The molecule has 0 aliphatic rings. The van der Waals surface area contributed by atoms with Crippen LogP contribution in [0.25, 0.3) is 10.9 Å². The average molecular weight is 230 g/mol. The van der Waals surface area contributed by atoms with Crippen LogP contribution >= 0.6 is 0 Å². The highest BCUT2D eigenvalue weighted by Gasteiger charge is 2.11. The Kier molecular flexibility index (Phi) is 3.18. The Labute approximate surface area is 102 Å². The number of anilines is 1. The number of benzene rings is 1. The van der Waals surface area contributed by atoms with Gasteiger partial charge in [-0.1, -0.05) is 12.1 Å². The average Bonchev–Trinajstić information content (AvgIpc) is 2.32. The van der Waals surface area contributed by atoms with Gasteiger partial charge >= 0.3 is 0 Å². The fourth-order valence-corrected chi connectivity index (χ4v) is 2.07. The van der Waals surface area contributed by atoms with Crippen molar-refractivity contribution in [3.63, 3.8) is 0 Å². The molecule has 3 heteroatoms. The second-order valence-corrected chi connectivity index (χ2v) is 4.03. The molecule has 3 nitrogen and oxygen atoms in total. The molecule has 0 spiro atoms. The Hall–Kier alpha value is -1.77. The third-order valence-corrected chi connectivity index (χ3v) is 3.02. The summed E-state index contributed by atoms with van der Waals surface area (Å²) in [5, 5.41) is 4.37.